The summed E-state index contributed by atoms with van der Waals surface area (Å²) < 4.78 is 68.0. The van der Waals surface area contributed by atoms with Crippen molar-refractivity contribution >= 4 is 39.5 Å². The van der Waals surface area contributed by atoms with Crippen LogP contribution < -0.4 is 0 Å². The molecule has 90 heavy (non-hydrogen) atoms. The number of carbonyl (C=O) groups excluding carboxylic acids is 4. The van der Waals surface area contributed by atoms with Gasteiger partial charge in [-0.25, -0.2) is 9.13 Å². The van der Waals surface area contributed by atoms with Crippen molar-refractivity contribution in [3.05, 3.63) is 0 Å². The van der Waals surface area contributed by atoms with Gasteiger partial charge in [-0.15, -0.1) is 0 Å². The lowest BCUT2D eigenvalue weighted by Gasteiger charge is -2.21. The SMILES string of the molecule is CCCCCCCC(=O)OC[C@H](COP(=O)(O)OC[C@H](O)COP(=O)(O)OC[C@@H](COC(=O)CCCCCCCCCCCCCC(C)C)OC(=O)CCCCCCCCCCCCCCCCCCCCC(C)CC)OC(=O)CCCCCCCCC(C)C. The van der Waals surface area contributed by atoms with Crippen molar-refractivity contribution in [3.8, 4) is 0 Å². The van der Waals surface area contributed by atoms with Crippen LogP contribution in [0.5, 0.6) is 0 Å². The molecule has 0 spiro atoms. The molecule has 0 saturated carbocycles. The smallest absolute Gasteiger partial charge is 0.462 e. The van der Waals surface area contributed by atoms with Crippen LogP contribution in [0.1, 0.15) is 357 Å². The number of hydrogen-bond donors (Lipinski definition) is 3. The molecule has 17 nitrogen and oxygen atoms in total. The van der Waals surface area contributed by atoms with E-state index in [1.807, 2.05) is 0 Å². The van der Waals surface area contributed by atoms with E-state index in [9.17, 15) is 43.2 Å². The number of unbranched alkanes of at least 4 members (excludes halogenated alkanes) is 36. The Hall–Kier alpha value is -1.94. The summed E-state index contributed by atoms with van der Waals surface area (Å²) in [6.07, 6.45) is 46.5. The molecule has 0 amide bonds. The van der Waals surface area contributed by atoms with Gasteiger partial charge in [-0.2, -0.15) is 0 Å². The first-order chi connectivity index (χ1) is 43.3. The summed E-state index contributed by atoms with van der Waals surface area (Å²) in [5, 5.41) is 10.5. The molecule has 3 N–H and O–H groups in total. The van der Waals surface area contributed by atoms with E-state index in [0.717, 1.165) is 108 Å². The second kappa shape index (κ2) is 61.9. The number of hydrogen-bond acceptors (Lipinski definition) is 15. The molecule has 3 unspecified atom stereocenters. The van der Waals surface area contributed by atoms with Crippen LogP contribution in [0, 0.1) is 17.8 Å². The van der Waals surface area contributed by atoms with Gasteiger partial charge in [0.05, 0.1) is 26.4 Å². The maximum Gasteiger partial charge on any atom is 0.472 e. The molecule has 0 fully saturated rings. The van der Waals surface area contributed by atoms with Crippen molar-refractivity contribution in [2.75, 3.05) is 39.6 Å². The number of aliphatic hydroxyl groups excluding tert-OH is 1. The Balaban J connectivity index is 5.10. The fourth-order valence-electron chi connectivity index (χ4n) is 10.7. The Labute approximate surface area is 549 Å². The average Bonchev–Trinajstić information content (AvgIpc) is 3.47. The molecule has 0 aromatic rings. The quantitative estimate of drug-likeness (QED) is 0.0222. The van der Waals surface area contributed by atoms with Gasteiger partial charge in [-0.05, 0) is 43.4 Å². The Kier molecular flexibility index (Phi) is 60.6. The molecule has 0 aliphatic carbocycles. The fraction of sp³-hybridized carbons (Fsp3) is 0.944. The van der Waals surface area contributed by atoms with Crippen LogP contribution in [-0.4, -0.2) is 96.7 Å². The van der Waals surface area contributed by atoms with Crippen molar-refractivity contribution in [2.24, 2.45) is 17.8 Å². The van der Waals surface area contributed by atoms with Crippen LogP contribution in [0.25, 0.3) is 0 Å². The van der Waals surface area contributed by atoms with Gasteiger partial charge in [0.25, 0.3) is 0 Å². The Morgan fingerprint density at radius 3 is 0.844 bits per heavy atom. The number of carbonyl (C=O) groups is 4. The second-order valence-electron chi connectivity index (χ2n) is 26.8. The van der Waals surface area contributed by atoms with Crippen LogP contribution in [0.2, 0.25) is 0 Å². The molecular formula is C71H138O17P2. The van der Waals surface area contributed by atoms with Crippen LogP contribution in [0.15, 0.2) is 0 Å². The summed E-state index contributed by atoms with van der Waals surface area (Å²) in [7, 11) is -9.89. The lowest BCUT2D eigenvalue weighted by atomic mass is 9.99. The standard InChI is InChI=1S/C71H138O17P2/c1-8-10-11-35-45-52-68(73)81-58-66(88-71(76)55-48-41-34-33-37-43-50-63(5)6)60-85-89(77,78)83-56-65(72)57-84-90(79,80)86-61-67(59-82-69(74)53-46-39-31-27-24-20-21-25-29-36-42-49-62(3)4)87-70(75)54-47-40-32-28-23-19-17-15-13-12-14-16-18-22-26-30-38-44-51-64(7)9-2/h62-67,72H,8-61H2,1-7H3,(H,77,78)(H,79,80)/t64?,65-,66+,67+/m0/s1. The summed E-state index contributed by atoms with van der Waals surface area (Å²) in [6.45, 7) is 11.7. The van der Waals surface area contributed by atoms with Crippen LogP contribution >= 0.6 is 15.6 Å². The number of rotatable bonds is 69. The molecular weight excluding hydrogens is 1190 g/mol. The van der Waals surface area contributed by atoms with Crippen molar-refractivity contribution in [2.45, 2.75) is 375 Å². The zero-order chi connectivity index (χ0) is 66.6. The largest absolute Gasteiger partial charge is 0.472 e. The van der Waals surface area contributed by atoms with Crippen molar-refractivity contribution in [1.82, 2.24) is 0 Å². The summed E-state index contributed by atoms with van der Waals surface area (Å²) in [5.74, 6) is 0.170. The van der Waals surface area contributed by atoms with Gasteiger partial charge in [0.2, 0.25) is 0 Å². The predicted molar refractivity (Wildman–Crippen MR) is 363 cm³/mol. The Bertz CT molecular complexity index is 1770. The van der Waals surface area contributed by atoms with E-state index in [4.69, 9.17) is 37.0 Å². The Morgan fingerprint density at radius 2 is 0.567 bits per heavy atom. The molecule has 0 aromatic heterocycles. The highest BCUT2D eigenvalue weighted by Crippen LogP contribution is 2.45. The highest BCUT2D eigenvalue weighted by Gasteiger charge is 2.30. The Morgan fingerprint density at radius 1 is 0.322 bits per heavy atom. The van der Waals surface area contributed by atoms with Crippen molar-refractivity contribution in [1.29, 1.82) is 0 Å². The lowest BCUT2D eigenvalue weighted by Crippen LogP contribution is -2.30. The highest BCUT2D eigenvalue weighted by molar-refractivity contribution is 7.47. The van der Waals surface area contributed by atoms with Gasteiger partial charge in [0.1, 0.15) is 19.3 Å². The number of esters is 4. The molecule has 0 radical (unpaired) electrons. The molecule has 19 heteroatoms. The van der Waals surface area contributed by atoms with E-state index in [2.05, 4.69) is 48.5 Å². The molecule has 0 saturated heterocycles. The fourth-order valence-corrected chi connectivity index (χ4v) is 12.3. The molecule has 0 aliphatic rings. The third-order valence-corrected chi connectivity index (χ3v) is 18.6. The van der Waals surface area contributed by atoms with Gasteiger partial charge in [-0.3, -0.25) is 37.3 Å². The summed E-state index contributed by atoms with van der Waals surface area (Å²) in [4.78, 5) is 72.2. The van der Waals surface area contributed by atoms with E-state index in [1.54, 1.807) is 0 Å². The summed E-state index contributed by atoms with van der Waals surface area (Å²) in [6, 6.07) is 0. The van der Waals surface area contributed by atoms with Gasteiger partial charge >= 0.3 is 39.5 Å². The molecule has 0 rings (SSSR count). The van der Waals surface area contributed by atoms with Crippen LogP contribution in [0.3, 0.4) is 0 Å². The molecule has 0 aromatic carbocycles. The van der Waals surface area contributed by atoms with Crippen LogP contribution in [-0.2, 0) is 65.4 Å². The van der Waals surface area contributed by atoms with E-state index in [-0.39, 0.29) is 25.7 Å². The van der Waals surface area contributed by atoms with Crippen LogP contribution in [0.4, 0.5) is 0 Å². The molecule has 0 bridgehead atoms. The highest BCUT2D eigenvalue weighted by atomic mass is 31.2. The minimum Gasteiger partial charge on any atom is -0.462 e. The van der Waals surface area contributed by atoms with E-state index >= 15 is 0 Å². The first-order valence-corrected chi connectivity index (χ1v) is 39.9. The zero-order valence-corrected chi connectivity index (χ0v) is 60.4. The zero-order valence-electron chi connectivity index (χ0n) is 58.6. The number of phosphoric ester groups is 2. The van der Waals surface area contributed by atoms with Gasteiger partial charge in [-0.1, -0.05) is 305 Å². The predicted octanol–water partition coefficient (Wildman–Crippen LogP) is 20.2. The molecule has 534 valence electrons. The first-order valence-electron chi connectivity index (χ1n) is 36.9. The normalized spacial score (nSPS) is 14.5. The van der Waals surface area contributed by atoms with Gasteiger partial charge in [0.15, 0.2) is 12.2 Å². The topological polar surface area (TPSA) is 237 Å². The van der Waals surface area contributed by atoms with E-state index in [0.29, 0.717) is 31.6 Å². The van der Waals surface area contributed by atoms with Crippen molar-refractivity contribution < 1.29 is 80.2 Å². The minimum atomic E-state index is -4.95. The van der Waals surface area contributed by atoms with Gasteiger partial charge < -0.3 is 33.8 Å². The maximum atomic E-state index is 13.0. The molecule has 0 heterocycles. The third-order valence-electron chi connectivity index (χ3n) is 16.7. The second-order valence-corrected chi connectivity index (χ2v) is 29.7. The van der Waals surface area contributed by atoms with E-state index in [1.165, 1.54) is 161 Å². The summed E-state index contributed by atoms with van der Waals surface area (Å²) >= 11 is 0. The average molecular weight is 1330 g/mol. The first kappa shape index (κ1) is 88.1. The molecule has 6 atom stereocenters. The number of aliphatic hydroxyl groups is 1. The summed E-state index contributed by atoms with van der Waals surface area (Å²) in [5.41, 5.74) is 0. The lowest BCUT2D eigenvalue weighted by molar-refractivity contribution is -0.161. The minimum absolute atomic E-state index is 0.101. The van der Waals surface area contributed by atoms with Crippen molar-refractivity contribution in [3.63, 3.8) is 0 Å². The molecule has 0 aliphatic heterocycles. The number of phosphoric acid groups is 2. The number of ether oxygens (including phenoxy) is 4. The third kappa shape index (κ3) is 63.5. The monoisotopic (exact) mass is 1320 g/mol. The van der Waals surface area contributed by atoms with E-state index < -0.39 is 97.5 Å². The van der Waals surface area contributed by atoms with Gasteiger partial charge in [0, 0.05) is 25.7 Å². The maximum absolute atomic E-state index is 13.0.